The summed E-state index contributed by atoms with van der Waals surface area (Å²) in [5.41, 5.74) is 0. The van der Waals surface area contributed by atoms with Gasteiger partial charge < -0.3 is 0 Å². The fourth-order valence-corrected chi connectivity index (χ4v) is 0.173. The predicted molar refractivity (Wildman–Crippen MR) is 31.4 cm³/mol. The summed E-state index contributed by atoms with van der Waals surface area (Å²) in [6.07, 6.45) is 8.07. The summed E-state index contributed by atoms with van der Waals surface area (Å²) in [5, 5.41) is 0. The van der Waals surface area contributed by atoms with Crippen LogP contribution in [0.25, 0.3) is 0 Å². The Labute approximate surface area is 44.2 Å². The molecule has 7 heavy (non-hydrogen) atoms. The zero-order valence-electron chi connectivity index (χ0n) is 4.23. The van der Waals surface area contributed by atoms with Crippen LogP contribution in [0.4, 0.5) is 0 Å². The molecule has 0 aliphatic heterocycles. The summed E-state index contributed by atoms with van der Waals surface area (Å²) in [5.74, 6) is 7.67. The number of hydrogen-bond donors (Lipinski definition) is 0. The van der Waals surface area contributed by atoms with Crippen LogP contribution in [0, 0.1) is 24.2 Å². The van der Waals surface area contributed by atoms with Gasteiger partial charge in [-0.15, -0.1) is 12.3 Å². The van der Waals surface area contributed by atoms with Crippen molar-refractivity contribution in [1.29, 1.82) is 0 Å². The van der Waals surface area contributed by atoms with Crippen molar-refractivity contribution >= 4 is 0 Å². The summed E-state index contributed by atoms with van der Waals surface area (Å²) in [6, 6.07) is 0. The molecule has 0 saturated carbocycles. The highest BCUT2D eigenvalue weighted by molar-refractivity contribution is 5.21. The summed E-state index contributed by atoms with van der Waals surface area (Å²) in [6.45, 7) is 1.76. The summed E-state index contributed by atoms with van der Waals surface area (Å²) in [7, 11) is 0. The molecule has 0 spiro atoms. The van der Waals surface area contributed by atoms with Crippen LogP contribution in [-0.2, 0) is 0 Å². The van der Waals surface area contributed by atoms with E-state index in [1.54, 1.807) is 19.1 Å². The Morgan fingerprint density at radius 3 is 2.57 bits per heavy atom. The van der Waals surface area contributed by atoms with Crippen molar-refractivity contribution in [2.75, 3.05) is 0 Å². The van der Waals surface area contributed by atoms with E-state index >= 15 is 0 Å². The van der Waals surface area contributed by atoms with E-state index in [2.05, 4.69) is 17.8 Å². The molecule has 0 radical (unpaired) electrons. The van der Waals surface area contributed by atoms with Gasteiger partial charge in [-0.2, -0.15) is 0 Å². The number of allylic oxidation sites excluding steroid dienone is 2. The van der Waals surface area contributed by atoms with Crippen LogP contribution in [0.3, 0.4) is 0 Å². The maximum Gasteiger partial charge on any atom is -0.00235 e. The van der Waals surface area contributed by atoms with E-state index < -0.39 is 0 Å². The number of hydrogen-bond acceptors (Lipinski definition) is 0. The van der Waals surface area contributed by atoms with Crippen LogP contribution in [0.2, 0.25) is 0 Å². The molecule has 0 unspecified atom stereocenters. The number of rotatable bonds is 0. The van der Waals surface area contributed by atoms with Gasteiger partial charge in [0, 0.05) is 0 Å². The molecule has 0 N–H and O–H groups in total. The van der Waals surface area contributed by atoms with Crippen molar-refractivity contribution in [1.82, 2.24) is 0 Å². The Hall–Kier alpha value is -1.14. The Balaban J connectivity index is 3.47. The van der Waals surface area contributed by atoms with Gasteiger partial charge in [-0.05, 0) is 19.1 Å². The molecule has 0 heteroatoms. The minimum atomic E-state index is 1.57. The van der Waals surface area contributed by atoms with E-state index in [4.69, 9.17) is 6.42 Å². The van der Waals surface area contributed by atoms with Crippen LogP contribution in [-0.4, -0.2) is 0 Å². The SMILES string of the molecule is C#CC=CC#CC. The molecule has 0 heterocycles. The fraction of sp³-hybridized carbons (Fsp3) is 0.143. The lowest BCUT2D eigenvalue weighted by Gasteiger charge is -1.57. The fourth-order valence-electron chi connectivity index (χ4n) is 0.173. The molecular weight excluding hydrogens is 84.1 g/mol. The highest BCUT2D eigenvalue weighted by atomic mass is 13.5. The molecule has 0 aromatic carbocycles. The molecule has 0 bridgehead atoms. The molecule has 0 rings (SSSR count). The average molecular weight is 90.1 g/mol. The Morgan fingerprint density at radius 1 is 1.43 bits per heavy atom. The van der Waals surface area contributed by atoms with Gasteiger partial charge in [0.15, 0.2) is 0 Å². The van der Waals surface area contributed by atoms with E-state index in [1.165, 1.54) is 0 Å². The molecule has 0 aromatic rings. The highest BCUT2D eigenvalue weighted by Gasteiger charge is 1.49. The van der Waals surface area contributed by atoms with Crippen molar-refractivity contribution in [2.24, 2.45) is 0 Å². The monoisotopic (exact) mass is 90.0 g/mol. The summed E-state index contributed by atoms with van der Waals surface area (Å²) >= 11 is 0. The van der Waals surface area contributed by atoms with Gasteiger partial charge in [-0.25, -0.2) is 0 Å². The van der Waals surface area contributed by atoms with Gasteiger partial charge >= 0.3 is 0 Å². The van der Waals surface area contributed by atoms with Crippen molar-refractivity contribution in [3.8, 4) is 24.2 Å². The van der Waals surface area contributed by atoms with Gasteiger partial charge in [0.2, 0.25) is 0 Å². The lowest BCUT2D eigenvalue weighted by Crippen LogP contribution is -1.45. The van der Waals surface area contributed by atoms with Crippen molar-refractivity contribution < 1.29 is 0 Å². The van der Waals surface area contributed by atoms with E-state index in [0.717, 1.165) is 0 Å². The second-order valence-corrected chi connectivity index (χ2v) is 0.894. The lowest BCUT2D eigenvalue weighted by molar-refractivity contribution is 1.91. The van der Waals surface area contributed by atoms with Gasteiger partial charge in [-0.1, -0.05) is 11.8 Å². The molecule has 0 fully saturated rings. The molecule has 0 aliphatic carbocycles. The van der Waals surface area contributed by atoms with Crippen LogP contribution in [0.1, 0.15) is 6.92 Å². The lowest BCUT2D eigenvalue weighted by atomic mass is 10.5. The maximum absolute atomic E-state index is 4.86. The molecule has 0 atom stereocenters. The van der Waals surface area contributed by atoms with Gasteiger partial charge in [0.05, 0.1) is 0 Å². The minimum absolute atomic E-state index is 1.57. The largest absolute Gasteiger partial charge is 0.115 e. The Bertz CT molecular complexity index is 145. The molecule has 0 saturated heterocycles. The quantitative estimate of drug-likeness (QED) is 0.392. The summed E-state index contributed by atoms with van der Waals surface area (Å²) in [4.78, 5) is 0. The molecule has 0 nitrogen and oxygen atoms in total. The second kappa shape index (κ2) is 4.86. The zero-order chi connectivity index (χ0) is 5.54. The number of terminal acetylenes is 1. The first-order valence-corrected chi connectivity index (χ1v) is 1.95. The predicted octanol–water partition coefficient (Wildman–Crippen LogP) is 1.20. The molecule has 0 aliphatic rings. The van der Waals surface area contributed by atoms with E-state index in [-0.39, 0.29) is 0 Å². The third kappa shape index (κ3) is 4.86. The molecule has 0 amide bonds. The maximum atomic E-state index is 4.86. The first-order valence-electron chi connectivity index (χ1n) is 1.95. The molecule has 34 valence electrons. The second-order valence-electron chi connectivity index (χ2n) is 0.894. The van der Waals surface area contributed by atoms with Crippen molar-refractivity contribution in [2.45, 2.75) is 6.92 Å². The Kier molecular flexibility index (Phi) is 4.07. The minimum Gasteiger partial charge on any atom is -0.115 e. The van der Waals surface area contributed by atoms with Crippen LogP contribution >= 0.6 is 0 Å². The standard InChI is InChI=1S/C7H6/c1-3-5-7-6-4-2/h1,5,7H,2H3. The van der Waals surface area contributed by atoms with Gasteiger partial charge in [-0.3, -0.25) is 0 Å². The van der Waals surface area contributed by atoms with E-state index in [0.29, 0.717) is 0 Å². The zero-order valence-corrected chi connectivity index (χ0v) is 4.23. The third-order valence-electron chi connectivity index (χ3n) is 0.407. The van der Waals surface area contributed by atoms with Crippen LogP contribution in [0.5, 0.6) is 0 Å². The molecular formula is C7H6. The Morgan fingerprint density at radius 2 is 2.14 bits per heavy atom. The first kappa shape index (κ1) is 5.86. The molecule has 0 aromatic heterocycles. The summed E-state index contributed by atoms with van der Waals surface area (Å²) < 4.78 is 0. The topological polar surface area (TPSA) is 0 Å². The third-order valence-corrected chi connectivity index (χ3v) is 0.407. The highest BCUT2D eigenvalue weighted by Crippen LogP contribution is 1.62. The average Bonchev–Trinajstić information content (AvgIpc) is 1.69. The van der Waals surface area contributed by atoms with Crippen molar-refractivity contribution in [3.63, 3.8) is 0 Å². The van der Waals surface area contributed by atoms with Gasteiger partial charge in [0.25, 0.3) is 0 Å². The smallest absolute Gasteiger partial charge is 0.00235 e. The van der Waals surface area contributed by atoms with E-state index in [9.17, 15) is 0 Å². The normalized spacial score (nSPS) is 6.86. The first-order chi connectivity index (χ1) is 3.41. The van der Waals surface area contributed by atoms with Crippen LogP contribution in [0.15, 0.2) is 12.2 Å². The van der Waals surface area contributed by atoms with E-state index in [1.807, 2.05) is 0 Å². The van der Waals surface area contributed by atoms with Crippen LogP contribution < -0.4 is 0 Å². The van der Waals surface area contributed by atoms with Gasteiger partial charge in [0.1, 0.15) is 0 Å². The van der Waals surface area contributed by atoms with Crippen molar-refractivity contribution in [3.05, 3.63) is 12.2 Å².